The lowest BCUT2D eigenvalue weighted by molar-refractivity contribution is 0.177. The Labute approximate surface area is 310 Å². The zero-order valence-corrected chi connectivity index (χ0v) is 29.7. The first kappa shape index (κ1) is 31.7. The molecule has 0 fully saturated rings. The lowest BCUT2D eigenvalue weighted by Crippen LogP contribution is -2.17. The number of para-hydroxylation sites is 1. The molecule has 0 N–H and O–H groups in total. The predicted molar refractivity (Wildman–Crippen MR) is 219 cm³/mol. The van der Waals surface area contributed by atoms with E-state index in [0.717, 1.165) is 77.9 Å². The second kappa shape index (κ2) is 13.5. The molecule has 0 bridgehead atoms. The van der Waals surface area contributed by atoms with Crippen LogP contribution in [0.3, 0.4) is 0 Å². The molecule has 0 radical (unpaired) electrons. The van der Waals surface area contributed by atoms with Gasteiger partial charge in [-0.2, -0.15) is 0 Å². The molecule has 2 aliphatic heterocycles. The molecule has 0 saturated carbocycles. The predicted octanol–water partition coefficient (Wildman–Crippen LogP) is 12.5. The second-order valence-electron chi connectivity index (χ2n) is 14.5. The van der Waals surface area contributed by atoms with E-state index in [0.29, 0.717) is 6.61 Å². The van der Waals surface area contributed by atoms with Gasteiger partial charge in [0.05, 0.1) is 5.70 Å². The van der Waals surface area contributed by atoms with Gasteiger partial charge in [0, 0.05) is 39.5 Å². The molecule has 5 aromatic rings. The Hall–Kier alpha value is -6.00. The first-order valence-electron chi connectivity index (χ1n) is 19.0. The number of hydrogen-bond donors (Lipinski definition) is 0. The van der Waals surface area contributed by atoms with Gasteiger partial charge in [-0.25, -0.2) is 9.98 Å². The summed E-state index contributed by atoms with van der Waals surface area (Å²) in [4.78, 5) is 10.7. The third-order valence-corrected chi connectivity index (χ3v) is 11.3. The van der Waals surface area contributed by atoms with E-state index >= 15 is 0 Å². The van der Waals surface area contributed by atoms with Crippen LogP contribution in [0.4, 0.5) is 0 Å². The van der Waals surface area contributed by atoms with Gasteiger partial charge in [0.2, 0.25) is 0 Å². The number of aliphatic imine (C=N–C) groups is 2. The van der Waals surface area contributed by atoms with Crippen molar-refractivity contribution in [3.05, 3.63) is 185 Å². The third kappa shape index (κ3) is 5.89. The number of rotatable bonds is 5. The van der Waals surface area contributed by atoms with Gasteiger partial charge >= 0.3 is 0 Å². The lowest BCUT2D eigenvalue weighted by atomic mass is 9.77. The van der Waals surface area contributed by atoms with Crippen LogP contribution in [0.2, 0.25) is 0 Å². The normalized spacial score (nSPS) is 22.1. The SMILES string of the molecule is C1=CCCC(C2=NC(C3C=CC=CC3)=N/C(c3cccc(C4=CC5=C(OCc6ccccc65)C(c5cccc6oc7ccccc7c56)C4)c3)=C\CC2)=C1. The van der Waals surface area contributed by atoms with Crippen LogP contribution in [-0.4, -0.2) is 11.5 Å². The first-order valence-corrected chi connectivity index (χ1v) is 19.0. The highest BCUT2D eigenvalue weighted by atomic mass is 16.5. The zero-order valence-electron chi connectivity index (χ0n) is 29.7. The number of benzene rings is 4. The second-order valence-corrected chi connectivity index (χ2v) is 14.5. The van der Waals surface area contributed by atoms with E-state index in [9.17, 15) is 0 Å². The maximum Gasteiger partial charge on any atom is 0.136 e. The van der Waals surface area contributed by atoms with Crippen molar-refractivity contribution in [3.63, 3.8) is 0 Å². The van der Waals surface area contributed by atoms with Crippen LogP contribution in [0, 0.1) is 5.92 Å². The Balaban J connectivity index is 1.08. The van der Waals surface area contributed by atoms with E-state index in [-0.39, 0.29) is 11.8 Å². The third-order valence-electron chi connectivity index (χ3n) is 11.3. The number of hydrogen-bond acceptors (Lipinski definition) is 4. The lowest BCUT2D eigenvalue weighted by Gasteiger charge is -2.33. The van der Waals surface area contributed by atoms with Crippen molar-refractivity contribution in [2.24, 2.45) is 15.9 Å². The standard InChI is InChI=1S/C49H40N2O2/c1-3-14-32(15-4-1)43-24-13-25-44(51-49(50-43)33-16-5-2-6-17-33)35-20-11-19-34(28-35)37-29-41-38-21-8-7-18-36(38)31-52-48(41)42(30-37)39-23-12-27-46-47(39)40-22-9-10-26-45(40)53-46/h1-3,5-12,14,16,18-23,25-29,33,42H,4,13,15,17,24,30-31H2/b44-25-,50-43?,51-49?. The molecule has 258 valence electrons. The minimum atomic E-state index is 0.0276. The highest BCUT2D eigenvalue weighted by Crippen LogP contribution is 2.49. The maximum absolute atomic E-state index is 6.71. The average molecular weight is 689 g/mol. The van der Waals surface area contributed by atoms with E-state index in [1.807, 2.05) is 6.07 Å². The molecule has 0 spiro atoms. The summed E-state index contributed by atoms with van der Waals surface area (Å²) in [5.41, 5.74) is 13.8. The van der Waals surface area contributed by atoms with Crippen LogP contribution in [-0.2, 0) is 11.3 Å². The summed E-state index contributed by atoms with van der Waals surface area (Å²) >= 11 is 0. The Bertz CT molecular complexity index is 2580. The fourth-order valence-corrected chi connectivity index (χ4v) is 8.61. The molecule has 0 saturated heterocycles. The van der Waals surface area contributed by atoms with Gasteiger partial charge in [0.25, 0.3) is 0 Å². The molecule has 0 amide bonds. The number of amidine groups is 1. The van der Waals surface area contributed by atoms with Gasteiger partial charge in [-0.3, -0.25) is 0 Å². The quantitative estimate of drug-likeness (QED) is 0.184. The summed E-state index contributed by atoms with van der Waals surface area (Å²) in [6.45, 7) is 0.574. The minimum absolute atomic E-state index is 0.0276. The van der Waals surface area contributed by atoms with Crippen LogP contribution in [0.25, 0.3) is 38.8 Å². The molecule has 4 heteroatoms. The van der Waals surface area contributed by atoms with Crippen molar-refractivity contribution in [1.29, 1.82) is 0 Å². The smallest absolute Gasteiger partial charge is 0.136 e. The maximum atomic E-state index is 6.71. The van der Waals surface area contributed by atoms with E-state index in [4.69, 9.17) is 19.1 Å². The average Bonchev–Trinajstić information content (AvgIpc) is 3.60. The summed E-state index contributed by atoms with van der Waals surface area (Å²) < 4.78 is 13.1. The van der Waals surface area contributed by atoms with Crippen molar-refractivity contribution in [2.45, 2.75) is 51.0 Å². The monoisotopic (exact) mass is 688 g/mol. The molecular weight excluding hydrogens is 649 g/mol. The van der Waals surface area contributed by atoms with Crippen LogP contribution >= 0.6 is 0 Å². The van der Waals surface area contributed by atoms with Crippen molar-refractivity contribution in [3.8, 4) is 0 Å². The van der Waals surface area contributed by atoms with Gasteiger partial charge in [0.15, 0.2) is 0 Å². The van der Waals surface area contributed by atoms with E-state index in [1.165, 1.54) is 50.1 Å². The number of fused-ring (bicyclic) bond motifs is 5. The molecule has 53 heavy (non-hydrogen) atoms. The van der Waals surface area contributed by atoms with Gasteiger partial charge in [-0.05, 0) is 96.2 Å². The van der Waals surface area contributed by atoms with E-state index in [2.05, 4.69) is 140 Å². The van der Waals surface area contributed by atoms with Crippen molar-refractivity contribution in [1.82, 2.24) is 0 Å². The van der Waals surface area contributed by atoms with Crippen molar-refractivity contribution >= 4 is 50.3 Å². The van der Waals surface area contributed by atoms with Gasteiger partial charge in [0.1, 0.15) is 29.4 Å². The van der Waals surface area contributed by atoms with Crippen LogP contribution < -0.4 is 0 Å². The molecule has 3 aliphatic carbocycles. The Morgan fingerprint density at radius 1 is 0.717 bits per heavy atom. The largest absolute Gasteiger partial charge is 0.492 e. The molecule has 1 aromatic heterocycles. The molecule has 3 heterocycles. The zero-order chi connectivity index (χ0) is 35.1. The van der Waals surface area contributed by atoms with Gasteiger partial charge in [-0.15, -0.1) is 0 Å². The molecular formula is C49H40N2O2. The Morgan fingerprint density at radius 2 is 1.60 bits per heavy atom. The van der Waals surface area contributed by atoms with Crippen molar-refractivity contribution in [2.75, 3.05) is 0 Å². The highest BCUT2D eigenvalue weighted by Gasteiger charge is 2.33. The molecule has 4 nitrogen and oxygen atoms in total. The fraction of sp³-hybridized carbons (Fsp3) is 0.184. The fourth-order valence-electron chi connectivity index (χ4n) is 8.61. The summed E-state index contributed by atoms with van der Waals surface area (Å²) in [6, 6.07) is 32.5. The van der Waals surface area contributed by atoms with E-state index < -0.39 is 0 Å². The summed E-state index contributed by atoms with van der Waals surface area (Å²) in [5.74, 6) is 2.13. The summed E-state index contributed by atoms with van der Waals surface area (Å²) in [6.07, 6.45) is 25.7. The Morgan fingerprint density at radius 3 is 2.53 bits per heavy atom. The number of allylic oxidation sites excluding steroid dienone is 12. The molecule has 4 aromatic carbocycles. The van der Waals surface area contributed by atoms with Crippen molar-refractivity contribution < 1.29 is 9.15 Å². The van der Waals surface area contributed by atoms with Crippen LogP contribution in [0.5, 0.6) is 0 Å². The molecule has 2 unspecified atom stereocenters. The van der Waals surface area contributed by atoms with Gasteiger partial charge in [-0.1, -0.05) is 121 Å². The van der Waals surface area contributed by atoms with E-state index in [1.54, 1.807) is 0 Å². The summed E-state index contributed by atoms with van der Waals surface area (Å²) in [7, 11) is 0. The minimum Gasteiger partial charge on any atom is -0.492 e. The number of nitrogens with zero attached hydrogens (tertiary/aromatic N) is 2. The van der Waals surface area contributed by atoms with Gasteiger partial charge < -0.3 is 9.15 Å². The molecule has 10 rings (SSSR count). The first-order chi connectivity index (χ1) is 26.3. The number of furan rings is 1. The van der Waals surface area contributed by atoms with Crippen LogP contribution in [0.15, 0.2) is 171 Å². The highest BCUT2D eigenvalue weighted by molar-refractivity contribution is 6.10. The molecule has 5 aliphatic rings. The Kier molecular flexibility index (Phi) is 8.09. The number of ether oxygens (including phenoxy) is 1. The van der Waals surface area contributed by atoms with Crippen LogP contribution in [0.1, 0.15) is 72.3 Å². The molecule has 2 atom stereocenters. The summed E-state index contributed by atoms with van der Waals surface area (Å²) in [5, 5.41) is 2.32. The topological polar surface area (TPSA) is 47.1 Å².